The van der Waals surface area contributed by atoms with Crippen molar-refractivity contribution in [2.45, 2.75) is 164 Å². The average Bonchev–Trinajstić information content (AvgIpc) is 2.77. The minimum atomic E-state index is -4.10. The van der Waals surface area contributed by atoms with Crippen molar-refractivity contribution in [2.75, 3.05) is 0 Å². The van der Waals surface area contributed by atoms with Gasteiger partial charge in [0, 0.05) is 0 Å². The number of rotatable bonds is 12. The van der Waals surface area contributed by atoms with Crippen molar-refractivity contribution >= 4 is 31.1 Å². The molecule has 0 aliphatic carbocycles. The molecule has 0 amide bonds. The fraction of sp³-hybridized carbons (Fsp3) is 0.933. The molecule has 9 heteroatoms. The van der Waals surface area contributed by atoms with Gasteiger partial charge in [0.05, 0.1) is 0 Å². The van der Waals surface area contributed by atoms with Crippen LogP contribution in [-0.2, 0) is 26.2 Å². The van der Waals surface area contributed by atoms with E-state index in [1.54, 1.807) is 0 Å². The zero-order valence-electron chi connectivity index (χ0n) is 26.5. The van der Waals surface area contributed by atoms with Crippen LogP contribution in [0.1, 0.15) is 133 Å². The Balaban J connectivity index is 2.18. The van der Waals surface area contributed by atoms with E-state index in [0.29, 0.717) is 34.6 Å². The Morgan fingerprint density at radius 1 is 0.641 bits per heavy atom. The number of piperidine rings is 2. The summed E-state index contributed by atoms with van der Waals surface area (Å²) in [6.45, 7) is 19.7. The molecule has 0 unspecified atom stereocenters. The number of hydrogen-bond donors (Lipinski definition) is 0. The summed E-state index contributed by atoms with van der Waals surface area (Å²) >= 11 is -4.10. The van der Waals surface area contributed by atoms with Crippen LogP contribution in [0.3, 0.4) is 0 Å². The van der Waals surface area contributed by atoms with Gasteiger partial charge in [-0.25, -0.2) is 0 Å². The fourth-order valence-electron chi connectivity index (χ4n) is 7.44. The molecule has 2 radical (unpaired) electrons. The van der Waals surface area contributed by atoms with Gasteiger partial charge in [0.15, 0.2) is 0 Å². The molecule has 2 aliphatic heterocycles. The summed E-state index contributed by atoms with van der Waals surface area (Å²) in [5, 5.41) is 27.9. The topological polar surface area (TPSA) is 98.9 Å². The van der Waals surface area contributed by atoms with Crippen LogP contribution >= 0.6 is 0 Å². The predicted octanol–water partition coefficient (Wildman–Crippen LogP) is 7.12. The first-order chi connectivity index (χ1) is 17.8. The molecule has 0 aromatic heterocycles. The zero-order chi connectivity index (χ0) is 29.9. The van der Waals surface area contributed by atoms with E-state index >= 15 is 0 Å². The molecule has 0 spiro atoms. The standard InChI is InChI=1S/2C11H20NO3.2C4H9.Sn/c2*1-10(2)6-8(5-9(13)14)7-11(3,4)12(10)15;2*1-3-4-2;/h2*8H,5-7H2,1-4H3,(H,13,14);2*1,3-4H2,2H3;/q;;;;+2/p-2. The van der Waals surface area contributed by atoms with Gasteiger partial charge in [0.2, 0.25) is 0 Å². The molecular formula is C30H56N2O6Sn. The Hall–Kier alpha value is -0.421. The summed E-state index contributed by atoms with van der Waals surface area (Å²) in [7, 11) is 0. The van der Waals surface area contributed by atoms with E-state index in [1.165, 1.54) is 10.1 Å². The molecule has 8 nitrogen and oxygen atoms in total. The van der Waals surface area contributed by atoms with Crippen molar-refractivity contribution in [2.24, 2.45) is 11.8 Å². The molecule has 0 saturated carbocycles. The zero-order valence-corrected chi connectivity index (χ0v) is 29.3. The summed E-state index contributed by atoms with van der Waals surface area (Å²) in [6, 6.07) is 0. The van der Waals surface area contributed by atoms with Crippen LogP contribution in [0.15, 0.2) is 0 Å². The van der Waals surface area contributed by atoms with Crippen molar-refractivity contribution in [3.05, 3.63) is 0 Å². The van der Waals surface area contributed by atoms with E-state index in [-0.39, 0.29) is 36.6 Å². The van der Waals surface area contributed by atoms with Gasteiger partial charge in [-0.05, 0) is 0 Å². The maximum atomic E-state index is 13.4. The second-order valence-corrected chi connectivity index (χ2v) is 24.1. The number of hydrogen-bond acceptors (Lipinski definition) is 6. The van der Waals surface area contributed by atoms with Crippen molar-refractivity contribution in [3.63, 3.8) is 0 Å². The molecular weight excluding hydrogens is 603 g/mol. The van der Waals surface area contributed by atoms with Gasteiger partial charge in [-0.2, -0.15) is 0 Å². The number of carbonyl (C=O) groups is 2. The molecule has 39 heavy (non-hydrogen) atoms. The number of nitrogens with zero attached hydrogens (tertiary/aromatic N) is 2. The van der Waals surface area contributed by atoms with E-state index in [2.05, 4.69) is 13.8 Å². The van der Waals surface area contributed by atoms with Crippen molar-refractivity contribution in [1.29, 1.82) is 0 Å². The quantitative estimate of drug-likeness (QED) is 0.207. The van der Waals surface area contributed by atoms with Gasteiger partial charge < -0.3 is 0 Å². The Bertz CT molecular complexity index is 739. The van der Waals surface area contributed by atoms with Gasteiger partial charge in [-0.3, -0.25) is 0 Å². The van der Waals surface area contributed by atoms with E-state index in [9.17, 15) is 20.0 Å². The van der Waals surface area contributed by atoms with Crippen LogP contribution in [0.25, 0.3) is 0 Å². The molecule has 0 N–H and O–H groups in total. The van der Waals surface area contributed by atoms with Crippen LogP contribution in [0.4, 0.5) is 0 Å². The molecule has 2 heterocycles. The van der Waals surface area contributed by atoms with E-state index in [1.807, 2.05) is 55.4 Å². The monoisotopic (exact) mass is 660 g/mol. The number of hydroxylamine groups is 4. The normalized spacial score (nSPS) is 23.9. The summed E-state index contributed by atoms with van der Waals surface area (Å²) in [5.41, 5.74) is -2.20. The van der Waals surface area contributed by atoms with E-state index in [4.69, 9.17) is 6.15 Å². The summed E-state index contributed by atoms with van der Waals surface area (Å²) < 4.78 is 14.0. The van der Waals surface area contributed by atoms with Crippen molar-refractivity contribution in [3.8, 4) is 0 Å². The van der Waals surface area contributed by atoms with Crippen molar-refractivity contribution in [1.82, 2.24) is 10.1 Å². The number of carbonyl (C=O) groups excluding carboxylic acids is 2. The van der Waals surface area contributed by atoms with Gasteiger partial charge in [0.25, 0.3) is 0 Å². The Morgan fingerprint density at radius 2 is 0.923 bits per heavy atom. The van der Waals surface area contributed by atoms with Crippen LogP contribution in [-0.4, -0.2) is 63.4 Å². The number of unbranched alkanes of at least 4 members (excludes halogenated alkanes) is 2. The Kier molecular flexibility index (Phi) is 11.8. The summed E-state index contributed by atoms with van der Waals surface area (Å²) in [5.74, 6) is -0.453. The third-order valence-corrected chi connectivity index (χ3v) is 18.5. The molecule has 2 rings (SSSR count). The van der Waals surface area contributed by atoms with E-state index < -0.39 is 41.4 Å². The molecule has 2 aliphatic rings. The molecule has 0 bridgehead atoms. The van der Waals surface area contributed by atoms with Gasteiger partial charge in [-0.1, -0.05) is 0 Å². The van der Waals surface area contributed by atoms with Gasteiger partial charge in [-0.15, -0.1) is 0 Å². The third kappa shape index (κ3) is 9.28. The molecule has 226 valence electrons. The first-order valence-electron chi connectivity index (χ1n) is 15.2. The SMILES string of the molecule is CCC[CH2][Sn]([CH2]CCC)([O]C(=O)CC1CC(C)(C)N([O])C(C)(C)C1)[O]C(=O)CC1CC(C)(C)N([O])C(C)(C)C1. The van der Waals surface area contributed by atoms with Crippen LogP contribution in [0, 0.1) is 11.8 Å². The molecule has 2 saturated heterocycles. The fourth-order valence-corrected chi connectivity index (χ4v) is 17.4. The van der Waals surface area contributed by atoms with Gasteiger partial charge >= 0.3 is 244 Å². The Labute approximate surface area is 243 Å². The first kappa shape index (κ1) is 34.8. The summed E-state index contributed by atoms with van der Waals surface area (Å²) in [6.07, 6.45) is 6.63. The van der Waals surface area contributed by atoms with Crippen LogP contribution in [0.5, 0.6) is 0 Å². The molecule has 2 fully saturated rings. The minimum absolute atomic E-state index is 0.0477. The second-order valence-electron chi connectivity index (χ2n) is 14.9. The van der Waals surface area contributed by atoms with Crippen LogP contribution < -0.4 is 0 Å². The van der Waals surface area contributed by atoms with Gasteiger partial charge in [0.1, 0.15) is 0 Å². The molecule has 0 atom stereocenters. The second kappa shape index (κ2) is 13.3. The van der Waals surface area contributed by atoms with E-state index in [0.717, 1.165) is 25.7 Å². The average molecular weight is 659 g/mol. The van der Waals surface area contributed by atoms with Crippen molar-refractivity contribution < 1.29 is 26.2 Å². The first-order valence-corrected chi connectivity index (χ1v) is 21.5. The maximum absolute atomic E-state index is 13.4. The predicted molar refractivity (Wildman–Crippen MR) is 153 cm³/mol. The molecule has 0 aromatic rings. The third-order valence-electron chi connectivity index (χ3n) is 8.68. The van der Waals surface area contributed by atoms with Crippen LogP contribution in [0.2, 0.25) is 8.87 Å². The molecule has 0 aromatic carbocycles. The summed E-state index contributed by atoms with van der Waals surface area (Å²) in [4.78, 5) is 26.9. The Morgan fingerprint density at radius 3 is 1.18 bits per heavy atom.